The lowest BCUT2D eigenvalue weighted by Crippen LogP contribution is -2.11. The molecule has 4 heteroatoms. The van der Waals surface area contributed by atoms with Crippen molar-refractivity contribution in [1.29, 1.82) is 0 Å². The Morgan fingerprint density at radius 3 is 1.60 bits per heavy atom. The fourth-order valence-electron chi connectivity index (χ4n) is 2.69. The summed E-state index contributed by atoms with van der Waals surface area (Å²) in [6.45, 7) is 3.91. The lowest BCUT2D eigenvalue weighted by atomic mass is 9.95. The van der Waals surface area contributed by atoms with Gasteiger partial charge in [0.1, 0.15) is 0 Å². The molecule has 0 amide bonds. The molecule has 0 unspecified atom stereocenters. The molecule has 3 rings (SSSR count). The maximum atomic E-state index is 12.8. The highest BCUT2D eigenvalue weighted by atomic mass is 32.2. The predicted octanol–water partition coefficient (Wildman–Crippen LogP) is 4.53. The molecule has 0 N–H and O–H groups in total. The molecule has 3 aromatic rings. The Kier molecular flexibility index (Phi) is 4.81. The Labute approximate surface area is 148 Å². The summed E-state index contributed by atoms with van der Waals surface area (Å²) in [5.41, 5.74) is 4.06. The monoisotopic (exact) mass is 349 g/mol. The van der Waals surface area contributed by atoms with Crippen molar-refractivity contribution in [2.24, 2.45) is 4.40 Å². The van der Waals surface area contributed by atoms with Gasteiger partial charge in [-0.2, -0.15) is 12.8 Å². The smallest absolute Gasteiger partial charge is 0.199 e. The summed E-state index contributed by atoms with van der Waals surface area (Å²) in [5, 5.41) is 0. The first kappa shape index (κ1) is 17.1. The highest BCUT2D eigenvalue weighted by Gasteiger charge is 2.18. The van der Waals surface area contributed by atoms with E-state index in [1.54, 1.807) is 30.3 Å². The summed E-state index contributed by atoms with van der Waals surface area (Å²) in [4.78, 5) is 0.190. The van der Waals surface area contributed by atoms with Crippen LogP contribution < -0.4 is 0 Å². The molecule has 0 aliphatic heterocycles. The molecule has 0 radical (unpaired) electrons. The van der Waals surface area contributed by atoms with Crippen LogP contribution in [0.1, 0.15) is 22.3 Å². The fourth-order valence-corrected chi connectivity index (χ4v) is 3.73. The topological polar surface area (TPSA) is 46.5 Å². The van der Waals surface area contributed by atoms with Crippen LogP contribution in [0.5, 0.6) is 0 Å². The first-order valence-corrected chi connectivity index (χ1v) is 9.45. The molecule has 0 aliphatic carbocycles. The second-order valence-corrected chi connectivity index (χ2v) is 7.46. The van der Waals surface area contributed by atoms with Gasteiger partial charge < -0.3 is 0 Å². The summed E-state index contributed by atoms with van der Waals surface area (Å²) < 4.78 is 29.9. The quantitative estimate of drug-likeness (QED) is 0.650. The zero-order chi connectivity index (χ0) is 17.9. The third-order valence-electron chi connectivity index (χ3n) is 4.05. The Morgan fingerprint density at radius 2 is 1.12 bits per heavy atom. The van der Waals surface area contributed by atoms with Crippen LogP contribution in [0.25, 0.3) is 0 Å². The van der Waals surface area contributed by atoms with E-state index < -0.39 is 10.0 Å². The van der Waals surface area contributed by atoms with E-state index in [0.717, 1.165) is 22.3 Å². The van der Waals surface area contributed by atoms with E-state index >= 15 is 0 Å². The van der Waals surface area contributed by atoms with E-state index in [0.29, 0.717) is 5.71 Å². The fraction of sp³-hybridized carbons (Fsp3) is 0.0952. The van der Waals surface area contributed by atoms with Crippen molar-refractivity contribution < 1.29 is 8.42 Å². The van der Waals surface area contributed by atoms with Crippen LogP contribution in [-0.4, -0.2) is 14.1 Å². The standard InChI is InChI=1S/C21H19NO2S/c1-16-10-6-8-14-19(16)21(20-15-9-7-11-17(20)2)22-25(23,24)18-12-4-3-5-13-18/h3-15H,1-2H3. The van der Waals surface area contributed by atoms with Gasteiger partial charge in [-0.3, -0.25) is 0 Å². The van der Waals surface area contributed by atoms with Crippen molar-refractivity contribution in [3.8, 4) is 0 Å². The number of sulfonamides is 1. The molecule has 0 aromatic heterocycles. The van der Waals surface area contributed by atoms with Gasteiger partial charge in [-0.05, 0) is 37.1 Å². The van der Waals surface area contributed by atoms with E-state index in [9.17, 15) is 8.42 Å². The van der Waals surface area contributed by atoms with Crippen molar-refractivity contribution in [2.45, 2.75) is 18.7 Å². The first-order valence-electron chi connectivity index (χ1n) is 8.01. The zero-order valence-electron chi connectivity index (χ0n) is 14.2. The van der Waals surface area contributed by atoms with Gasteiger partial charge in [-0.25, -0.2) is 0 Å². The molecule has 0 fully saturated rings. The molecule has 0 aliphatic rings. The first-order chi connectivity index (χ1) is 12.0. The van der Waals surface area contributed by atoms with E-state index in [4.69, 9.17) is 0 Å². The minimum Gasteiger partial charge on any atom is -0.199 e. The number of hydrogen-bond acceptors (Lipinski definition) is 2. The van der Waals surface area contributed by atoms with Crippen LogP contribution in [0.2, 0.25) is 0 Å². The Balaban J connectivity index is 2.26. The van der Waals surface area contributed by atoms with E-state index in [1.165, 1.54) is 0 Å². The average Bonchev–Trinajstić information content (AvgIpc) is 2.62. The summed E-state index contributed by atoms with van der Waals surface area (Å²) in [6.07, 6.45) is 0. The minimum absolute atomic E-state index is 0.190. The molecular formula is C21H19NO2S. The molecule has 0 atom stereocenters. The third-order valence-corrected chi connectivity index (χ3v) is 5.34. The molecule has 25 heavy (non-hydrogen) atoms. The summed E-state index contributed by atoms with van der Waals surface area (Å²) in [6, 6.07) is 23.7. The molecule has 3 aromatic carbocycles. The maximum Gasteiger partial charge on any atom is 0.282 e. The van der Waals surface area contributed by atoms with Gasteiger partial charge in [0.05, 0.1) is 10.6 Å². The minimum atomic E-state index is -3.80. The highest BCUT2D eigenvalue weighted by molar-refractivity contribution is 7.90. The number of hydrogen-bond donors (Lipinski definition) is 0. The van der Waals surface area contributed by atoms with Gasteiger partial charge in [0, 0.05) is 11.1 Å². The number of rotatable bonds is 4. The van der Waals surface area contributed by atoms with Crippen molar-refractivity contribution in [3.05, 3.63) is 101 Å². The molecule has 0 bridgehead atoms. The zero-order valence-corrected chi connectivity index (χ0v) is 15.0. The van der Waals surface area contributed by atoms with Crippen molar-refractivity contribution in [3.63, 3.8) is 0 Å². The van der Waals surface area contributed by atoms with E-state index in [1.807, 2.05) is 62.4 Å². The van der Waals surface area contributed by atoms with Crippen LogP contribution >= 0.6 is 0 Å². The number of benzene rings is 3. The SMILES string of the molecule is Cc1ccccc1C(=NS(=O)(=O)c1ccccc1)c1ccccc1C. The van der Waals surface area contributed by atoms with Crippen molar-refractivity contribution in [1.82, 2.24) is 0 Å². The molecule has 0 heterocycles. The lowest BCUT2D eigenvalue weighted by Gasteiger charge is -2.12. The van der Waals surface area contributed by atoms with Crippen molar-refractivity contribution in [2.75, 3.05) is 0 Å². The number of aryl methyl sites for hydroxylation is 2. The van der Waals surface area contributed by atoms with Crippen molar-refractivity contribution >= 4 is 15.7 Å². The van der Waals surface area contributed by atoms with Crippen LogP contribution in [0.15, 0.2) is 88.2 Å². The van der Waals surface area contributed by atoms with Crippen LogP contribution in [0.3, 0.4) is 0 Å². The van der Waals surface area contributed by atoms with Crippen LogP contribution in [-0.2, 0) is 10.0 Å². The number of nitrogens with zero attached hydrogens (tertiary/aromatic N) is 1. The van der Waals surface area contributed by atoms with Gasteiger partial charge in [-0.1, -0.05) is 66.7 Å². The maximum absolute atomic E-state index is 12.8. The molecule has 126 valence electrons. The molecular weight excluding hydrogens is 330 g/mol. The van der Waals surface area contributed by atoms with Gasteiger partial charge in [0.2, 0.25) is 0 Å². The average molecular weight is 349 g/mol. The Bertz CT molecular complexity index is 975. The summed E-state index contributed by atoms with van der Waals surface area (Å²) in [7, 11) is -3.80. The third kappa shape index (κ3) is 3.69. The lowest BCUT2D eigenvalue weighted by molar-refractivity contribution is 0.598. The molecule has 3 nitrogen and oxygen atoms in total. The molecule has 0 spiro atoms. The van der Waals surface area contributed by atoms with E-state index in [2.05, 4.69) is 4.40 Å². The second kappa shape index (κ2) is 7.03. The van der Waals surface area contributed by atoms with E-state index in [-0.39, 0.29) is 4.90 Å². The Morgan fingerprint density at radius 1 is 0.680 bits per heavy atom. The normalized spacial score (nSPS) is 11.1. The van der Waals surface area contributed by atoms with Crippen LogP contribution in [0.4, 0.5) is 0 Å². The van der Waals surface area contributed by atoms with Crippen LogP contribution in [0, 0.1) is 13.8 Å². The largest absolute Gasteiger partial charge is 0.282 e. The van der Waals surface area contributed by atoms with Gasteiger partial charge in [0.15, 0.2) is 0 Å². The predicted molar refractivity (Wildman–Crippen MR) is 102 cm³/mol. The molecule has 0 saturated carbocycles. The van der Waals surface area contributed by atoms with Gasteiger partial charge in [-0.15, -0.1) is 0 Å². The second-order valence-electron chi connectivity index (χ2n) is 5.86. The highest BCUT2D eigenvalue weighted by Crippen LogP contribution is 2.21. The van der Waals surface area contributed by atoms with Gasteiger partial charge in [0.25, 0.3) is 10.0 Å². The Hall–Kier alpha value is -2.72. The summed E-state index contributed by atoms with van der Waals surface area (Å²) in [5.74, 6) is 0. The molecule has 0 saturated heterocycles. The summed E-state index contributed by atoms with van der Waals surface area (Å²) >= 11 is 0. The van der Waals surface area contributed by atoms with Gasteiger partial charge >= 0.3 is 0 Å².